The van der Waals surface area contributed by atoms with Crippen LogP contribution in [0.5, 0.6) is 5.88 Å². The number of nitrogens with zero attached hydrogens (tertiary/aromatic N) is 4. The second-order valence-corrected chi connectivity index (χ2v) is 10.2. The Morgan fingerprint density at radius 1 is 1.30 bits per heavy atom. The molecule has 0 aromatic carbocycles. The standard InChI is InChI=1S/C20H21FN6O4S2/c1-2-31-18-11-22-9-16(25-18)17-10-24-20(32-17)19(28)26-15(8-21)14-7-12(5-6-23-14)27-33(29,30)13-3-4-13/h5-7,9-11,13,15H,2-4,8H2,1H3,(H,23,27)(H,26,28)/t15-/m0/s1. The third-order valence-corrected chi connectivity index (χ3v) is 7.57. The highest BCUT2D eigenvalue weighted by Gasteiger charge is 2.35. The maximum Gasteiger partial charge on any atom is 0.280 e. The van der Waals surface area contributed by atoms with E-state index in [2.05, 4.69) is 30.0 Å². The minimum absolute atomic E-state index is 0.109. The molecular weight excluding hydrogens is 471 g/mol. The van der Waals surface area contributed by atoms with Crippen LogP contribution >= 0.6 is 11.3 Å². The van der Waals surface area contributed by atoms with E-state index in [1.54, 1.807) is 0 Å². The summed E-state index contributed by atoms with van der Waals surface area (Å²) in [5.41, 5.74) is 0.953. The van der Waals surface area contributed by atoms with Gasteiger partial charge in [0.2, 0.25) is 15.9 Å². The van der Waals surface area contributed by atoms with Gasteiger partial charge in [-0.2, -0.15) is 0 Å². The van der Waals surface area contributed by atoms with E-state index < -0.39 is 33.9 Å². The van der Waals surface area contributed by atoms with Gasteiger partial charge in [0, 0.05) is 12.4 Å². The summed E-state index contributed by atoms with van der Waals surface area (Å²) >= 11 is 1.07. The number of hydrogen-bond acceptors (Lipinski definition) is 9. The van der Waals surface area contributed by atoms with Crippen molar-refractivity contribution in [3.05, 3.63) is 47.6 Å². The van der Waals surface area contributed by atoms with E-state index in [9.17, 15) is 17.6 Å². The number of alkyl halides is 1. The molecule has 33 heavy (non-hydrogen) atoms. The third-order valence-electron chi connectivity index (χ3n) is 4.68. The summed E-state index contributed by atoms with van der Waals surface area (Å²) in [7, 11) is -3.47. The first-order valence-electron chi connectivity index (χ1n) is 10.1. The quantitative estimate of drug-likeness (QED) is 0.441. The second-order valence-electron chi connectivity index (χ2n) is 7.20. The van der Waals surface area contributed by atoms with Crippen LogP contribution in [0.3, 0.4) is 0 Å². The van der Waals surface area contributed by atoms with Gasteiger partial charge >= 0.3 is 0 Å². The van der Waals surface area contributed by atoms with Crippen molar-refractivity contribution in [2.45, 2.75) is 31.1 Å². The summed E-state index contributed by atoms with van der Waals surface area (Å²) in [4.78, 5) is 29.9. The molecule has 0 aliphatic heterocycles. The van der Waals surface area contributed by atoms with Gasteiger partial charge in [-0.3, -0.25) is 19.5 Å². The lowest BCUT2D eigenvalue weighted by molar-refractivity contribution is 0.0928. The zero-order valence-corrected chi connectivity index (χ0v) is 19.2. The highest BCUT2D eigenvalue weighted by atomic mass is 32.2. The van der Waals surface area contributed by atoms with Crippen molar-refractivity contribution < 1.29 is 22.3 Å². The molecule has 1 fully saturated rings. The van der Waals surface area contributed by atoms with E-state index in [-0.39, 0.29) is 16.4 Å². The van der Waals surface area contributed by atoms with Crippen LogP contribution in [0.2, 0.25) is 0 Å². The van der Waals surface area contributed by atoms with Crippen molar-refractivity contribution in [1.82, 2.24) is 25.3 Å². The van der Waals surface area contributed by atoms with Gasteiger partial charge in [-0.05, 0) is 31.9 Å². The molecule has 0 radical (unpaired) electrons. The lowest BCUT2D eigenvalue weighted by Gasteiger charge is -2.15. The number of ether oxygens (including phenoxy) is 1. The summed E-state index contributed by atoms with van der Waals surface area (Å²) < 4.78 is 45.9. The SMILES string of the molecule is CCOc1cncc(-c2cnc(C(=O)N[C@@H](CF)c3cc(NS(=O)(=O)C4CC4)ccn3)s2)n1. The Hall–Kier alpha value is -3.19. The minimum atomic E-state index is -3.47. The molecule has 1 saturated carbocycles. The first-order valence-corrected chi connectivity index (χ1v) is 12.5. The average Bonchev–Trinajstić information content (AvgIpc) is 3.56. The minimum Gasteiger partial charge on any atom is -0.477 e. The fourth-order valence-corrected chi connectivity index (χ4v) is 5.07. The van der Waals surface area contributed by atoms with Crippen molar-refractivity contribution in [1.29, 1.82) is 0 Å². The predicted octanol–water partition coefficient (Wildman–Crippen LogP) is 2.74. The Balaban J connectivity index is 1.46. The molecule has 0 bridgehead atoms. The van der Waals surface area contributed by atoms with Crippen molar-refractivity contribution in [3.8, 4) is 16.5 Å². The number of aromatic nitrogens is 4. The molecule has 1 amide bonds. The van der Waals surface area contributed by atoms with Gasteiger partial charge in [0.25, 0.3) is 5.91 Å². The number of hydrogen-bond donors (Lipinski definition) is 2. The Bertz CT molecular complexity index is 1250. The van der Waals surface area contributed by atoms with Crippen LogP contribution in [0, 0.1) is 0 Å². The molecule has 0 spiro atoms. The number of sulfonamides is 1. The van der Waals surface area contributed by atoms with Gasteiger partial charge < -0.3 is 10.1 Å². The number of thiazole rings is 1. The molecule has 3 aromatic heterocycles. The Morgan fingerprint density at radius 2 is 2.12 bits per heavy atom. The van der Waals surface area contributed by atoms with E-state index in [4.69, 9.17) is 4.74 Å². The van der Waals surface area contributed by atoms with E-state index in [1.165, 1.54) is 36.9 Å². The molecular formula is C20H21FN6O4S2. The van der Waals surface area contributed by atoms with Gasteiger partial charge in [-0.25, -0.2) is 22.8 Å². The molecule has 3 aromatic rings. The molecule has 0 unspecified atom stereocenters. The van der Waals surface area contributed by atoms with Crippen molar-refractivity contribution >= 4 is 33.0 Å². The molecule has 1 atom stereocenters. The molecule has 3 heterocycles. The summed E-state index contributed by atoms with van der Waals surface area (Å²) in [6.45, 7) is 1.34. The summed E-state index contributed by atoms with van der Waals surface area (Å²) in [6, 6.07) is 1.81. The number of rotatable bonds is 10. The molecule has 13 heteroatoms. The van der Waals surface area contributed by atoms with E-state index in [1.807, 2.05) is 6.92 Å². The number of nitrogens with one attached hydrogen (secondary N) is 2. The Morgan fingerprint density at radius 3 is 2.85 bits per heavy atom. The molecule has 1 aliphatic carbocycles. The van der Waals surface area contributed by atoms with Crippen molar-refractivity contribution in [2.75, 3.05) is 18.0 Å². The van der Waals surface area contributed by atoms with Crippen molar-refractivity contribution in [2.24, 2.45) is 0 Å². The number of pyridine rings is 1. The molecule has 2 N–H and O–H groups in total. The zero-order valence-electron chi connectivity index (χ0n) is 17.6. The number of amides is 1. The van der Waals surface area contributed by atoms with Crippen LogP contribution < -0.4 is 14.8 Å². The average molecular weight is 493 g/mol. The lowest BCUT2D eigenvalue weighted by Crippen LogP contribution is -2.30. The van der Waals surface area contributed by atoms with Gasteiger partial charge in [-0.1, -0.05) is 0 Å². The van der Waals surface area contributed by atoms with Crippen molar-refractivity contribution in [3.63, 3.8) is 0 Å². The summed E-state index contributed by atoms with van der Waals surface area (Å²) in [5, 5.41) is 2.26. The smallest absolute Gasteiger partial charge is 0.280 e. The van der Waals surface area contributed by atoms with Crippen LogP contribution in [0.15, 0.2) is 36.9 Å². The number of anilines is 1. The van der Waals surface area contributed by atoms with Crippen LogP contribution in [0.4, 0.5) is 10.1 Å². The fraction of sp³-hybridized carbons (Fsp3) is 0.350. The predicted molar refractivity (Wildman–Crippen MR) is 120 cm³/mol. The number of carbonyl (C=O) groups excluding carboxylic acids is 1. The largest absolute Gasteiger partial charge is 0.477 e. The lowest BCUT2D eigenvalue weighted by atomic mass is 10.2. The normalized spacial score (nSPS) is 14.5. The number of carbonyl (C=O) groups is 1. The third kappa shape index (κ3) is 5.60. The molecule has 174 valence electrons. The van der Waals surface area contributed by atoms with Crippen LogP contribution in [-0.2, 0) is 10.0 Å². The maximum absolute atomic E-state index is 13.8. The van der Waals surface area contributed by atoms with Crippen LogP contribution in [0.25, 0.3) is 10.6 Å². The maximum atomic E-state index is 13.8. The highest BCUT2D eigenvalue weighted by Crippen LogP contribution is 2.30. The van der Waals surface area contributed by atoms with Gasteiger partial charge in [0.1, 0.15) is 12.4 Å². The molecule has 1 aliphatic rings. The Labute approximate surface area is 193 Å². The first kappa shape index (κ1) is 23.0. The van der Waals surface area contributed by atoms with E-state index in [0.717, 1.165) is 11.3 Å². The van der Waals surface area contributed by atoms with Gasteiger partial charge in [-0.15, -0.1) is 11.3 Å². The van der Waals surface area contributed by atoms with E-state index >= 15 is 0 Å². The monoisotopic (exact) mass is 492 g/mol. The Kier molecular flexibility index (Phi) is 6.79. The second kappa shape index (κ2) is 9.75. The van der Waals surface area contributed by atoms with E-state index in [0.29, 0.717) is 35.9 Å². The first-order chi connectivity index (χ1) is 15.9. The summed E-state index contributed by atoms with van der Waals surface area (Å²) in [6.07, 6.45) is 7.09. The van der Waals surface area contributed by atoms with Gasteiger partial charge in [0.15, 0.2) is 5.01 Å². The topological polar surface area (TPSA) is 136 Å². The molecule has 4 rings (SSSR count). The summed E-state index contributed by atoms with van der Waals surface area (Å²) in [5.74, 6) is -0.233. The van der Waals surface area contributed by atoms with Crippen LogP contribution in [-0.4, -0.2) is 52.8 Å². The molecule has 0 saturated heterocycles. The fourth-order valence-electron chi connectivity index (χ4n) is 2.92. The van der Waals surface area contributed by atoms with Crippen LogP contribution in [0.1, 0.15) is 41.3 Å². The number of halogens is 1. The zero-order chi connectivity index (χ0) is 23.4. The van der Waals surface area contributed by atoms with Gasteiger partial charge in [0.05, 0.1) is 46.6 Å². The highest BCUT2D eigenvalue weighted by molar-refractivity contribution is 7.93. The molecule has 10 nitrogen and oxygen atoms in total.